The van der Waals surface area contributed by atoms with Crippen LogP contribution in [-0.2, 0) is 11.2 Å². The molecule has 1 aromatic carbocycles. The Morgan fingerprint density at radius 2 is 2.16 bits per heavy atom. The average Bonchev–Trinajstić information content (AvgIpc) is 2.37. The van der Waals surface area contributed by atoms with Crippen molar-refractivity contribution in [1.82, 2.24) is 0 Å². The van der Waals surface area contributed by atoms with Crippen LogP contribution in [0.4, 0.5) is 0 Å². The smallest absolute Gasteiger partial charge is 0.304 e. The Balaban J connectivity index is 3.00. The lowest BCUT2D eigenvalue weighted by Gasteiger charge is -2.14. The Kier molecular flexibility index (Phi) is 5.37. The van der Waals surface area contributed by atoms with Gasteiger partial charge in [0.1, 0.15) is 5.75 Å². The third kappa shape index (κ3) is 4.29. The van der Waals surface area contributed by atoms with Crippen LogP contribution in [0.25, 0.3) is 0 Å². The summed E-state index contributed by atoms with van der Waals surface area (Å²) in [4.78, 5) is 10.7. The Hall–Kier alpha value is -2.02. The second-order valence-electron chi connectivity index (χ2n) is 4.85. The molecule has 19 heavy (non-hydrogen) atoms. The highest BCUT2D eigenvalue weighted by atomic mass is 16.5. The molecule has 1 rings (SSSR count). The molecule has 0 amide bonds. The van der Waals surface area contributed by atoms with Gasteiger partial charge in [-0.2, -0.15) is 5.26 Å². The minimum atomic E-state index is -0.953. The lowest BCUT2D eigenvalue weighted by Crippen LogP contribution is -2.10. The number of rotatable bonds is 6. The number of aliphatic carboxylic acids is 1. The molecule has 1 unspecified atom stereocenters. The second-order valence-corrected chi connectivity index (χ2v) is 4.85. The van der Waals surface area contributed by atoms with E-state index in [2.05, 4.69) is 13.8 Å². The van der Waals surface area contributed by atoms with E-state index in [-0.39, 0.29) is 6.42 Å². The zero-order valence-electron chi connectivity index (χ0n) is 11.5. The fourth-order valence-corrected chi connectivity index (χ4v) is 1.96. The van der Waals surface area contributed by atoms with E-state index in [1.54, 1.807) is 7.11 Å². The van der Waals surface area contributed by atoms with Crippen molar-refractivity contribution in [3.8, 4) is 11.8 Å². The van der Waals surface area contributed by atoms with Crippen LogP contribution in [0.5, 0.6) is 5.75 Å². The molecular formula is C15H19NO3. The number of benzene rings is 1. The quantitative estimate of drug-likeness (QED) is 0.854. The summed E-state index contributed by atoms with van der Waals surface area (Å²) in [7, 11) is 1.58. The molecule has 0 aromatic heterocycles. The molecule has 4 heteroatoms. The molecule has 0 saturated heterocycles. The minimum absolute atomic E-state index is 0.147. The number of ether oxygens (including phenoxy) is 1. The molecule has 0 heterocycles. The maximum absolute atomic E-state index is 10.7. The van der Waals surface area contributed by atoms with Crippen molar-refractivity contribution >= 4 is 5.97 Å². The third-order valence-electron chi connectivity index (χ3n) is 3.04. The van der Waals surface area contributed by atoms with Crippen molar-refractivity contribution in [3.05, 3.63) is 29.3 Å². The van der Waals surface area contributed by atoms with E-state index in [1.807, 2.05) is 24.3 Å². The highest BCUT2D eigenvalue weighted by Gasteiger charge is 2.16. The van der Waals surface area contributed by atoms with Gasteiger partial charge in [0.15, 0.2) is 0 Å². The van der Waals surface area contributed by atoms with Gasteiger partial charge in [-0.3, -0.25) is 4.79 Å². The Bertz CT molecular complexity index is 489. The first kappa shape index (κ1) is 15.0. The van der Waals surface area contributed by atoms with E-state index in [9.17, 15) is 4.79 Å². The zero-order valence-corrected chi connectivity index (χ0v) is 11.5. The van der Waals surface area contributed by atoms with Gasteiger partial charge < -0.3 is 9.84 Å². The van der Waals surface area contributed by atoms with Gasteiger partial charge in [0, 0.05) is 0 Å². The number of nitrogens with zero attached hydrogens (tertiary/aromatic N) is 1. The Morgan fingerprint density at radius 3 is 2.63 bits per heavy atom. The molecule has 0 aliphatic rings. The maximum atomic E-state index is 10.7. The monoisotopic (exact) mass is 261 g/mol. The van der Waals surface area contributed by atoms with E-state index in [1.165, 1.54) is 0 Å². The topological polar surface area (TPSA) is 70.3 Å². The number of hydrogen-bond donors (Lipinski definition) is 1. The maximum Gasteiger partial charge on any atom is 0.304 e. The fraction of sp³-hybridized carbons (Fsp3) is 0.467. The minimum Gasteiger partial charge on any atom is -0.496 e. The van der Waals surface area contributed by atoms with Gasteiger partial charge >= 0.3 is 5.97 Å². The highest BCUT2D eigenvalue weighted by Crippen LogP contribution is 2.27. The fourth-order valence-electron chi connectivity index (χ4n) is 1.96. The van der Waals surface area contributed by atoms with Crippen molar-refractivity contribution in [2.75, 3.05) is 7.11 Å². The molecule has 1 N–H and O–H groups in total. The van der Waals surface area contributed by atoms with Crippen molar-refractivity contribution in [2.45, 2.75) is 32.6 Å². The third-order valence-corrected chi connectivity index (χ3v) is 3.04. The Labute approximate surface area is 113 Å². The van der Waals surface area contributed by atoms with Crippen LogP contribution in [0.1, 0.15) is 37.3 Å². The van der Waals surface area contributed by atoms with Crippen LogP contribution < -0.4 is 4.74 Å². The van der Waals surface area contributed by atoms with Crippen molar-refractivity contribution in [2.24, 2.45) is 5.92 Å². The lowest BCUT2D eigenvalue weighted by atomic mass is 9.93. The van der Waals surface area contributed by atoms with Crippen LogP contribution in [0.3, 0.4) is 0 Å². The van der Waals surface area contributed by atoms with Gasteiger partial charge in [-0.05, 0) is 29.5 Å². The highest BCUT2D eigenvalue weighted by molar-refractivity contribution is 5.67. The Morgan fingerprint density at radius 1 is 1.47 bits per heavy atom. The van der Waals surface area contributed by atoms with E-state index >= 15 is 0 Å². The molecule has 0 aliphatic carbocycles. The molecular weight excluding hydrogens is 242 g/mol. The van der Waals surface area contributed by atoms with E-state index in [0.29, 0.717) is 18.1 Å². The van der Waals surface area contributed by atoms with Crippen molar-refractivity contribution in [3.63, 3.8) is 0 Å². The molecule has 0 aliphatic heterocycles. The molecule has 0 spiro atoms. The van der Waals surface area contributed by atoms with Crippen LogP contribution in [0.15, 0.2) is 18.2 Å². The van der Waals surface area contributed by atoms with Crippen LogP contribution in [0.2, 0.25) is 0 Å². The summed E-state index contributed by atoms with van der Waals surface area (Å²) >= 11 is 0. The predicted octanol–water partition coefficient (Wildman–Crippen LogP) is 2.98. The number of carboxylic acids is 1. The normalized spacial score (nSPS) is 11.9. The summed E-state index contributed by atoms with van der Waals surface area (Å²) in [5.74, 6) is -0.404. The van der Waals surface area contributed by atoms with Crippen LogP contribution >= 0.6 is 0 Å². The summed E-state index contributed by atoms with van der Waals surface area (Å²) in [5, 5.41) is 17.8. The number of methoxy groups -OCH3 is 1. The molecule has 4 nitrogen and oxygen atoms in total. The molecule has 1 aromatic rings. The SMILES string of the molecule is COc1ccc(C(C)C)cc1CC(C#N)CC(=O)O. The molecule has 0 bridgehead atoms. The zero-order chi connectivity index (χ0) is 14.4. The number of hydrogen-bond acceptors (Lipinski definition) is 3. The summed E-state index contributed by atoms with van der Waals surface area (Å²) in [6.45, 7) is 4.18. The average molecular weight is 261 g/mol. The summed E-state index contributed by atoms with van der Waals surface area (Å²) in [6, 6.07) is 7.91. The number of carboxylic acid groups (broad SMARTS) is 1. The first-order valence-electron chi connectivity index (χ1n) is 6.26. The first-order chi connectivity index (χ1) is 8.97. The molecule has 0 saturated carbocycles. The number of nitriles is 1. The first-order valence-corrected chi connectivity index (χ1v) is 6.26. The summed E-state index contributed by atoms with van der Waals surface area (Å²) in [5.41, 5.74) is 2.05. The lowest BCUT2D eigenvalue weighted by molar-refractivity contribution is -0.137. The van der Waals surface area contributed by atoms with Gasteiger partial charge in [-0.1, -0.05) is 26.0 Å². The van der Waals surface area contributed by atoms with Crippen LogP contribution in [-0.4, -0.2) is 18.2 Å². The van der Waals surface area contributed by atoms with E-state index in [4.69, 9.17) is 15.1 Å². The van der Waals surface area contributed by atoms with Gasteiger partial charge in [-0.15, -0.1) is 0 Å². The summed E-state index contributed by atoms with van der Waals surface area (Å²) < 4.78 is 5.27. The van der Waals surface area contributed by atoms with Crippen molar-refractivity contribution in [1.29, 1.82) is 5.26 Å². The van der Waals surface area contributed by atoms with Crippen LogP contribution in [0, 0.1) is 17.2 Å². The van der Waals surface area contributed by atoms with Gasteiger partial charge in [0.05, 0.1) is 25.5 Å². The standard InChI is InChI=1S/C15H19NO3/c1-10(2)12-4-5-14(19-3)13(8-12)6-11(9-16)7-15(17)18/h4-5,8,10-11H,6-7H2,1-3H3,(H,17,18). The molecule has 102 valence electrons. The van der Waals surface area contributed by atoms with Gasteiger partial charge in [0.2, 0.25) is 0 Å². The largest absolute Gasteiger partial charge is 0.496 e. The van der Waals surface area contributed by atoms with Gasteiger partial charge in [0.25, 0.3) is 0 Å². The summed E-state index contributed by atoms with van der Waals surface area (Å²) in [6.07, 6.45) is 0.248. The number of carbonyl (C=O) groups is 1. The van der Waals surface area contributed by atoms with E-state index < -0.39 is 11.9 Å². The van der Waals surface area contributed by atoms with E-state index in [0.717, 1.165) is 11.1 Å². The molecule has 0 radical (unpaired) electrons. The predicted molar refractivity (Wildman–Crippen MR) is 72.1 cm³/mol. The second kappa shape index (κ2) is 6.79. The molecule has 1 atom stereocenters. The van der Waals surface area contributed by atoms with Gasteiger partial charge in [-0.25, -0.2) is 0 Å². The van der Waals surface area contributed by atoms with Crippen molar-refractivity contribution < 1.29 is 14.6 Å². The molecule has 0 fully saturated rings.